The average Bonchev–Trinajstić information content (AvgIpc) is 2.77. The summed E-state index contributed by atoms with van der Waals surface area (Å²) in [5, 5.41) is 0. The molecule has 3 nitrogen and oxygen atoms in total. The van der Waals surface area contributed by atoms with Crippen molar-refractivity contribution in [3.63, 3.8) is 0 Å². The number of rotatable bonds is 3. The number of halogens is 3. The van der Waals surface area contributed by atoms with Crippen LogP contribution in [0.25, 0.3) is 0 Å². The summed E-state index contributed by atoms with van der Waals surface area (Å²) in [6.45, 7) is 0. The summed E-state index contributed by atoms with van der Waals surface area (Å²) < 4.78 is 39.2. The SMILES string of the molecule is O=C(NOC1CCCC1)c1c(F)cc(F)cc1F. The highest BCUT2D eigenvalue weighted by Crippen LogP contribution is 2.20. The fraction of sp³-hybridized carbons (Fsp3) is 0.417. The van der Waals surface area contributed by atoms with E-state index in [0.29, 0.717) is 12.1 Å². The van der Waals surface area contributed by atoms with E-state index in [9.17, 15) is 18.0 Å². The largest absolute Gasteiger partial charge is 0.280 e. The van der Waals surface area contributed by atoms with Crippen LogP contribution in [0.2, 0.25) is 0 Å². The number of benzene rings is 1. The molecule has 6 heteroatoms. The van der Waals surface area contributed by atoms with Crippen molar-refractivity contribution < 1.29 is 22.8 Å². The molecule has 1 aromatic rings. The lowest BCUT2D eigenvalue weighted by Gasteiger charge is -2.12. The Kier molecular flexibility index (Phi) is 3.86. The van der Waals surface area contributed by atoms with Crippen molar-refractivity contribution >= 4 is 5.91 Å². The molecule has 0 saturated heterocycles. The van der Waals surface area contributed by atoms with Crippen LogP contribution in [0, 0.1) is 17.5 Å². The van der Waals surface area contributed by atoms with Gasteiger partial charge in [0.05, 0.1) is 6.10 Å². The van der Waals surface area contributed by atoms with Crippen molar-refractivity contribution in [1.29, 1.82) is 0 Å². The van der Waals surface area contributed by atoms with Crippen molar-refractivity contribution in [2.24, 2.45) is 0 Å². The van der Waals surface area contributed by atoms with Gasteiger partial charge in [0.2, 0.25) is 0 Å². The Hall–Kier alpha value is -1.56. The molecule has 1 amide bonds. The van der Waals surface area contributed by atoms with E-state index >= 15 is 0 Å². The Morgan fingerprint density at radius 3 is 2.28 bits per heavy atom. The molecule has 1 aliphatic carbocycles. The Morgan fingerprint density at radius 2 is 1.72 bits per heavy atom. The number of hydrogen-bond acceptors (Lipinski definition) is 2. The van der Waals surface area contributed by atoms with Crippen molar-refractivity contribution in [2.45, 2.75) is 31.8 Å². The molecular weight excluding hydrogens is 247 g/mol. The highest BCUT2D eigenvalue weighted by molar-refractivity contribution is 5.94. The molecular formula is C12H12F3NO2. The van der Waals surface area contributed by atoms with Gasteiger partial charge in [-0.2, -0.15) is 0 Å². The van der Waals surface area contributed by atoms with Gasteiger partial charge < -0.3 is 0 Å². The van der Waals surface area contributed by atoms with E-state index in [0.717, 1.165) is 25.7 Å². The maximum Gasteiger partial charge on any atom is 0.280 e. The predicted molar refractivity (Wildman–Crippen MR) is 57.1 cm³/mol. The van der Waals surface area contributed by atoms with Crippen LogP contribution in [0.4, 0.5) is 13.2 Å². The van der Waals surface area contributed by atoms with Crippen LogP contribution in [0.15, 0.2) is 12.1 Å². The molecule has 2 rings (SSSR count). The topological polar surface area (TPSA) is 38.3 Å². The lowest BCUT2D eigenvalue weighted by molar-refractivity contribution is -0.0129. The highest BCUT2D eigenvalue weighted by atomic mass is 19.1. The van der Waals surface area contributed by atoms with E-state index in [1.54, 1.807) is 0 Å². The van der Waals surface area contributed by atoms with Crippen LogP contribution < -0.4 is 5.48 Å². The van der Waals surface area contributed by atoms with Crippen LogP contribution in [-0.4, -0.2) is 12.0 Å². The molecule has 1 fully saturated rings. The molecule has 0 spiro atoms. The van der Waals surface area contributed by atoms with E-state index in [1.807, 2.05) is 5.48 Å². The van der Waals surface area contributed by atoms with Gasteiger partial charge in [0.25, 0.3) is 5.91 Å². The fourth-order valence-corrected chi connectivity index (χ4v) is 1.95. The minimum absolute atomic E-state index is 0.125. The van der Waals surface area contributed by atoms with Gasteiger partial charge >= 0.3 is 0 Å². The zero-order valence-corrected chi connectivity index (χ0v) is 9.51. The first kappa shape index (κ1) is 12.9. The van der Waals surface area contributed by atoms with Gasteiger partial charge in [-0.1, -0.05) is 12.8 Å². The molecule has 0 bridgehead atoms. The van der Waals surface area contributed by atoms with E-state index in [4.69, 9.17) is 4.84 Å². The Balaban J connectivity index is 2.04. The molecule has 98 valence electrons. The van der Waals surface area contributed by atoms with E-state index in [-0.39, 0.29) is 6.10 Å². The molecule has 1 aromatic carbocycles. The number of hydroxylamine groups is 1. The molecule has 0 heterocycles. The van der Waals surface area contributed by atoms with Gasteiger partial charge in [-0.3, -0.25) is 9.63 Å². The lowest BCUT2D eigenvalue weighted by Crippen LogP contribution is -2.29. The quantitative estimate of drug-likeness (QED) is 0.847. The van der Waals surface area contributed by atoms with Crippen LogP contribution in [-0.2, 0) is 4.84 Å². The summed E-state index contributed by atoms with van der Waals surface area (Å²) in [4.78, 5) is 16.5. The molecule has 0 radical (unpaired) electrons. The zero-order chi connectivity index (χ0) is 13.1. The third-order valence-corrected chi connectivity index (χ3v) is 2.85. The second-order valence-electron chi connectivity index (χ2n) is 4.20. The first-order valence-electron chi connectivity index (χ1n) is 5.68. The monoisotopic (exact) mass is 259 g/mol. The van der Waals surface area contributed by atoms with Gasteiger partial charge in [0, 0.05) is 12.1 Å². The Bertz CT molecular complexity index is 436. The second kappa shape index (κ2) is 5.39. The van der Waals surface area contributed by atoms with Gasteiger partial charge in [-0.05, 0) is 12.8 Å². The summed E-state index contributed by atoms with van der Waals surface area (Å²) in [5.41, 5.74) is 1.16. The number of carbonyl (C=O) groups is 1. The normalized spacial score (nSPS) is 15.9. The minimum Gasteiger partial charge on any atom is -0.270 e. The molecule has 0 atom stereocenters. The van der Waals surface area contributed by atoms with Crippen molar-refractivity contribution in [3.05, 3.63) is 35.1 Å². The van der Waals surface area contributed by atoms with Gasteiger partial charge in [0.1, 0.15) is 23.0 Å². The first-order chi connectivity index (χ1) is 8.58. The molecule has 0 aliphatic heterocycles. The van der Waals surface area contributed by atoms with Gasteiger partial charge in [-0.25, -0.2) is 18.7 Å². The van der Waals surface area contributed by atoms with Gasteiger partial charge in [0.15, 0.2) is 0 Å². The standard InChI is InChI=1S/C12H12F3NO2/c13-7-5-9(14)11(10(15)6-7)12(17)16-18-8-3-1-2-4-8/h5-6,8H,1-4H2,(H,16,17). The zero-order valence-electron chi connectivity index (χ0n) is 9.51. The Morgan fingerprint density at radius 1 is 1.17 bits per heavy atom. The van der Waals surface area contributed by atoms with Crippen LogP contribution in [0.5, 0.6) is 0 Å². The molecule has 1 saturated carbocycles. The fourth-order valence-electron chi connectivity index (χ4n) is 1.95. The highest BCUT2D eigenvalue weighted by Gasteiger charge is 2.21. The van der Waals surface area contributed by atoms with Crippen molar-refractivity contribution in [1.82, 2.24) is 5.48 Å². The van der Waals surface area contributed by atoms with Gasteiger partial charge in [-0.15, -0.1) is 0 Å². The molecule has 18 heavy (non-hydrogen) atoms. The summed E-state index contributed by atoms with van der Waals surface area (Å²) in [7, 11) is 0. The number of hydrogen-bond donors (Lipinski definition) is 1. The number of nitrogens with one attached hydrogen (secondary N) is 1. The first-order valence-corrected chi connectivity index (χ1v) is 5.68. The average molecular weight is 259 g/mol. The van der Waals surface area contributed by atoms with E-state index in [2.05, 4.69) is 0 Å². The van der Waals surface area contributed by atoms with Crippen LogP contribution >= 0.6 is 0 Å². The summed E-state index contributed by atoms with van der Waals surface area (Å²) in [6.07, 6.45) is 3.48. The number of amides is 1. The maximum absolute atomic E-state index is 13.3. The molecule has 1 aliphatic rings. The summed E-state index contributed by atoms with van der Waals surface area (Å²) >= 11 is 0. The third-order valence-electron chi connectivity index (χ3n) is 2.85. The van der Waals surface area contributed by atoms with E-state index < -0.39 is 28.9 Å². The summed E-state index contributed by atoms with van der Waals surface area (Å²) in [6, 6.07) is 0.904. The van der Waals surface area contributed by atoms with Crippen LogP contribution in [0.1, 0.15) is 36.0 Å². The lowest BCUT2D eigenvalue weighted by atomic mass is 10.2. The smallest absolute Gasteiger partial charge is 0.270 e. The molecule has 1 N–H and O–H groups in total. The molecule has 0 aromatic heterocycles. The molecule has 0 unspecified atom stereocenters. The maximum atomic E-state index is 13.3. The third kappa shape index (κ3) is 2.81. The second-order valence-corrected chi connectivity index (χ2v) is 4.20. The van der Waals surface area contributed by atoms with E-state index in [1.165, 1.54) is 0 Å². The van der Waals surface area contributed by atoms with Crippen molar-refractivity contribution in [2.75, 3.05) is 0 Å². The van der Waals surface area contributed by atoms with Crippen molar-refractivity contribution in [3.8, 4) is 0 Å². The number of carbonyl (C=O) groups excluding carboxylic acids is 1. The van der Waals surface area contributed by atoms with Crippen LogP contribution in [0.3, 0.4) is 0 Å². The predicted octanol–water partition coefficient (Wildman–Crippen LogP) is 2.71. The summed E-state index contributed by atoms with van der Waals surface area (Å²) in [5.74, 6) is -4.62. The minimum atomic E-state index is -1.25. The Labute approximate surface area is 102 Å².